The Morgan fingerprint density at radius 1 is 1.17 bits per heavy atom. The Bertz CT molecular complexity index is 1430. The van der Waals surface area contributed by atoms with Crippen molar-refractivity contribution in [1.29, 1.82) is 0 Å². The number of hydrogen-bond donors (Lipinski definition) is 1. The Morgan fingerprint density at radius 3 is 2.69 bits per heavy atom. The molecule has 5 rings (SSSR count). The molecule has 2 aromatic heterocycles. The highest BCUT2D eigenvalue weighted by molar-refractivity contribution is 7.17. The van der Waals surface area contributed by atoms with Crippen molar-refractivity contribution >= 4 is 38.8 Å². The van der Waals surface area contributed by atoms with Crippen molar-refractivity contribution in [2.24, 2.45) is 0 Å². The molecular formula is C26H25FN4O3S. The van der Waals surface area contributed by atoms with Crippen LogP contribution < -0.4 is 15.8 Å². The highest BCUT2D eigenvalue weighted by atomic mass is 32.1. The van der Waals surface area contributed by atoms with Crippen molar-refractivity contribution in [3.8, 4) is 11.1 Å². The average molecular weight is 493 g/mol. The predicted octanol–water partition coefficient (Wildman–Crippen LogP) is 4.44. The minimum atomic E-state index is -0.392. The molecule has 0 bridgehead atoms. The zero-order valence-electron chi connectivity index (χ0n) is 19.3. The van der Waals surface area contributed by atoms with Crippen molar-refractivity contribution in [2.45, 2.75) is 19.9 Å². The Balaban J connectivity index is 1.28. The molecule has 0 spiro atoms. The topological polar surface area (TPSA) is 76.5 Å². The highest BCUT2D eigenvalue weighted by Crippen LogP contribution is 2.30. The van der Waals surface area contributed by atoms with Crippen LogP contribution >= 0.6 is 11.3 Å². The first-order valence-corrected chi connectivity index (χ1v) is 12.3. The number of nitrogens with zero attached hydrogens (tertiary/aromatic N) is 3. The normalized spacial score (nSPS) is 13.8. The van der Waals surface area contributed by atoms with Crippen LogP contribution in [0.1, 0.15) is 12.0 Å². The third-order valence-electron chi connectivity index (χ3n) is 6.09. The van der Waals surface area contributed by atoms with Crippen molar-refractivity contribution in [2.75, 3.05) is 36.5 Å². The number of rotatable bonds is 6. The summed E-state index contributed by atoms with van der Waals surface area (Å²) in [5.41, 5.74) is 3.64. The van der Waals surface area contributed by atoms with Crippen molar-refractivity contribution in [3.63, 3.8) is 0 Å². The van der Waals surface area contributed by atoms with E-state index in [1.807, 2.05) is 41.5 Å². The van der Waals surface area contributed by atoms with Crippen LogP contribution in [0, 0.1) is 12.7 Å². The van der Waals surface area contributed by atoms with Gasteiger partial charge in [0.05, 0.1) is 30.6 Å². The summed E-state index contributed by atoms with van der Waals surface area (Å²) in [7, 11) is 0. The summed E-state index contributed by atoms with van der Waals surface area (Å²) < 4.78 is 21.4. The van der Waals surface area contributed by atoms with Gasteiger partial charge in [0.25, 0.3) is 5.56 Å². The van der Waals surface area contributed by atoms with Crippen LogP contribution in [0.25, 0.3) is 21.3 Å². The number of ether oxygens (including phenoxy) is 1. The molecule has 3 heterocycles. The van der Waals surface area contributed by atoms with Crippen molar-refractivity contribution in [1.82, 2.24) is 9.55 Å². The van der Waals surface area contributed by atoms with E-state index in [4.69, 9.17) is 4.74 Å². The second-order valence-electron chi connectivity index (χ2n) is 8.50. The molecule has 1 saturated heterocycles. The summed E-state index contributed by atoms with van der Waals surface area (Å²) in [5, 5.41) is 5.22. The molecule has 0 aliphatic carbocycles. The molecule has 180 valence electrons. The standard InChI is InChI=1S/C26H25FN4O3S/c1-17-2-4-18(5-3-17)20-15-35-25-24(20)26(33)31(16-28-25)9-8-23(32)29-19-6-7-22(21(27)14-19)30-10-12-34-13-11-30/h2-7,14-16H,8-13H2,1H3,(H,29,32). The number of carbonyl (C=O) groups is 1. The fourth-order valence-corrected chi connectivity index (χ4v) is 5.07. The van der Waals surface area contributed by atoms with E-state index in [2.05, 4.69) is 10.3 Å². The minimum Gasteiger partial charge on any atom is -0.378 e. The fourth-order valence-electron chi connectivity index (χ4n) is 4.16. The first-order valence-electron chi connectivity index (χ1n) is 11.5. The number of fused-ring (bicyclic) bond motifs is 1. The first kappa shape index (κ1) is 23.2. The Hall–Kier alpha value is -3.56. The van der Waals surface area contributed by atoms with E-state index in [1.54, 1.807) is 12.1 Å². The van der Waals surface area contributed by atoms with Gasteiger partial charge >= 0.3 is 0 Å². The summed E-state index contributed by atoms with van der Waals surface area (Å²) in [6, 6.07) is 12.7. The summed E-state index contributed by atoms with van der Waals surface area (Å²) >= 11 is 1.43. The number of benzene rings is 2. The highest BCUT2D eigenvalue weighted by Gasteiger charge is 2.17. The molecule has 35 heavy (non-hydrogen) atoms. The van der Waals surface area contributed by atoms with Crippen LogP contribution in [0.2, 0.25) is 0 Å². The smallest absolute Gasteiger partial charge is 0.262 e. The quantitative estimate of drug-likeness (QED) is 0.431. The van der Waals surface area contributed by atoms with E-state index in [0.29, 0.717) is 47.9 Å². The van der Waals surface area contributed by atoms with Gasteiger partial charge in [-0.25, -0.2) is 9.37 Å². The van der Waals surface area contributed by atoms with E-state index in [0.717, 1.165) is 16.7 Å². The van der Waals surface area contributed by atoms with Gasteiger partial charge < -0.3 is 15.0 Å². The van der Waals surface area contributed by atoms with E-state index in [9.17, 15) is 14.0 Å². The molecule has 1 fully saturated rings. The lowest BCUT2D eigenvalue weighted by molar-refractivity contribution is -0.116. The number of nitrogens with one attached hydrogen (secondary N) is 1. The van der Waals surface area contributed by atoms with Crippen LogP contribution in [0.3, 0.4) is 0 Å². The maximum Gasteiger partial charge on any atom is 0.262 e. The number of aryl methyl sites for hydroxylation is 2. The molecule has 1 aliphatic rings. The fraction of sp³-hybridized carbons (Fsp3) is 0.269. The van der Waals surface area contributed by atoms with Crippen LogP contribution in [-0.4, -0.2) is 41.8 Å². The second kappa shape index (κ2) is 9.97. The molecular weight excluding hydrogens is 467 g/mol. The maximum atomic E-state index is 14.6. The van der Waals surface area contributed by atoms with E-state index in [-0.39, 0.29) is 24.4 Å². The second-order valence-corrected chi connectivity index (χ2v) is 9.36. The summed E-state index contributed by atoms with van der Waals surface area (Å²) in [6.45, 7) is 4.58. The molecule has 1 aliphatic heterocycles. The predicted molar refractivity (Wildman–Crippen MR) is 137 cm³/mol. The summed E-state index contributed by atoms with van der Waals surface area (Å²) in [4.78, 5) is 32.7. The van der Waals surface area contributed by atoms with Crippen LogP contribution in [0.4, 0.5) is 15.8 Å². The van der Waals surface area contributed by atoms with Gasteiger partial charge in [-0.1, -0.05) is 29.8 Å². The zero-order valence-corrected chi connectivity index (χ0v) is 20.1. The lowest BCUT2D eigenvalue weighted by Gasteiger charge is -2.29. The third kappa shape index (κ3) is 4.96. The van der Waals surface area contributed by atoms with Gasteiger partial charge in [-0.2, -0.15) is 0 Å². The summed E-state index contributed by atoms with van der Waals surface area (Å²) in [5.74, 6) is -0.698. The largest absolute Gasteiger partial charge is 0.378 e. The number of carbonyl (C=O) groups excluding carboxylic acids is 1. The number of hydrogen-bond acceptors (Lipinski definition) is 6. The molecule has 7 nitrogen and oxygen atoms in total. The molecule has 1 amide bonds. The maximum absolute atomic E-state index is 14.6. The number of halogens is 1. The zero-order chi connectivity index (χ0) is 24.4. The monoisotopic (exact) mass is 492 g/mol. The molecule has 1 N–H and O–H groups in total. The van der Waals surface area contributed by atoms with Gasteiger partial charge in [0.2, 0.25) is 5.91 Å². The lowest BCUT2D eigenvalue weighted by atomic mass is 10.1. The molecule has 0 saturated carbocycles. The average Bonchev–Trinajstić information content (AvgIpc) is 3.30. The van der Waals surface area contributed by atoms with Crippen molar-refractivity contribution in [3.05, 3.63) is 75.9 Å². The number of amides is 1. The molecule has 0 atom stereocenters. The van der Waals surface area contributed by atoms with Crippen molar-refractivity contribution < 1.29 is 13.9 Å². The van der Waals surface area contributed by atoms with Crippen LogP contribution in [0.5, 0.6) is 0 Å². The number of morpholine rings is 1. The van der Waals surface area contributed by atoms with Crippen LogP contribution in [0.15, 0.2) is 59.0 Å². The SMILES string of the molecule is Cc1ccc(-c2csc3ncn(CCC(=O)Nc4ccc(N5CCOCC5)c(F)c4)c(=O)c23)cc1. The van der Waals surface area contributed by atoms with Gasteiger partial charge in [-0.05, 0) is 30.7 Å². The molecule has 0 radical (unpaired) electrons. The number of anilines is 2. The molecule has 4 aromatic rings. The summed E-state index contributed by atoms with van der Waals surface area (Å²) in [6.07, 6.45) is 1.54. The van der Waals surface area contributed by atoms with Crippen LogP contribution in [-0.2, 0) is 16.1 Å². The van der Waals surface area contributed by atoms with E-state index in [1.165, 1.54) is 28.3 Å². The molecule has 2 aromatic carbocycles. The third-order valence-corrected chi connectivity index (χ3v) is 6.97. The number of aromatic nitrogens is 2. The lowest BCUT2D eigenvalue weighted by Crippen LogP contribution is -2.36. The first-order chi connectivity index (χ1) is 17.0. The van der Waals surface area contributed by atoms with Gasteiger partial charge in [0, 0.05) is 42.7 Å². The van der Waals surface area contributed by atoms with Gasteiger partial charge in [-0.15, -0.1) is 11.3 Å². The Labute approximate surface area is 205 Å². The van der Waals surface area contributed by atoms with E-state index < -0.39 is 5.82 Å². The number of thiophene rings is 1. The Kier molecular flexibility index (Phi) is 6.61. The Morgan fingerprint density at radius 2 is 1.94 bits per heavy atom. The van der Waals surface area contributed by atoms with Gasteiger partial charge in [0.1, 0.15) is 10.6 Å². The van der Waals surface area contributed by atoms with E-state index >= 15 is 0 Å². The minimum absolute atomic E-state index is 0.0595. The van der Waals surface area contributed by atoms with Gasteiger partial charge in [0.15, 0.2) is 0 Å². The van der Waals surface area contributed by atoms with Gasteiger partial charge in [-0.3, -0.25) is 14.2 Å². The molecule has 9 heteroatoms. The molecule has 0 unspecified atom stereocenters.